The highest BCUT2D eigenvalue weighted by molar-refractivity contribution is 5.37. The van der Waals surface area contributed by atoms with E-state index in [-0.39, 0.29) is 0 Å². The van der Waals surface area contributed by atoms with Crippen LogP contribution in [0, 0.1) is 5.92 Å². The lowest BCUT2D eigenvalue weighted by molar-refractivity contribution is 0.547. The molecule has 4 heteroatoms. The van der Waals surface area contributed by atoms with Crippen LogP contribution in [0.15, 0.2) is 24.5 Å². The molecule has 0 bridgehead atoms. The largest absolute Gasteiger partial charge is 0.352 e. The van der Waals surface area contributed by atoms with Gasteiger partial charge in [0.05, 0.1) is 18.1 Å². The van der Waals surface area contributed by atoms with Gasteiger partial charge in [0.1, 0.15) is 5.82 Å². The monoisotopic (exact) mass is 262 g/mol. The molecule has 0 aliphatic rings. The summed E-state index contributed by atoms with van der Waals surface area (Å²) < 4.78 is 0. The Hall–Kier alpha value is -1.42. The molecule has 1 N–H and O–H groups in total. The summed E-state index contributed by atoms with van der Waals surface area (Å²) in [5.41, 5.74) is 2.11. The van der Waals surface area contributed by atoms with Crippen molar-refractivity contribution in [3.05, 3.63) is 30.2 Å². The van der Waals surface area contributed by atoms with Crippen LogP contribution in [-0.2, 0) is 6.54 Å². The van der Waals surface area contributed by atoms with E-state index >= 15 is 0 Å². The van der Waals surface area contributed by atoms with Crippen molar-refractivity contribution in [3.8, 4) is 0 Å². The molecule has 19 heavy (non-hydrogen) atoms. The van der Waals surface area contributed by atoms with E-state index in [1.807, 2.05) is 19.3 Å². The van der Waals surface area contributed by atoms with Gasteiger partial charge in [0.15, 0.2) is 0 Å². The molecule has 1 heterocycles. The number of hydrogen-bond donors (Lipinski definition) is 1. The maximum absolute atomic E-state index is 4.48. The van der Waals surface area contributed by atoms with Crippen LogP contribution in [0.2, 0.25) is 0 Å². The van der Waals surface area contributed by atoms with Gasteiger partial charge < -0.3 is 10.2 Å². The molecule has 0 aliphatic carbocycles. The molecule has 0 spiro atoms. The standard InChI is InChI=1S/C15H26N4/c1-6-19(11-13(4)5)15-10-17-14(9-18-15)8-16-7-12(2)3/h9-10,12,16H,4,6-8,11H2,1-3,5H3. The zero-order chi connectivity index (χ0) is 14.3. The van der Waals surface area contributed by atoms with Crippen molar-refractivity contribution in [2.45, 2.75) is 34.2 Å². The lowest BCUT2D eigenvalue weighted by Gasteiger charge is -2.21. The summed E-state index contributed by atoms with van der Waals surface area (Å²) >= 11 is 0. The van der Waals surface area contributed by atoms with Gasteiger partial charge in [-0.2, -0.15) is 0 Å². The predicted octanol–water partition coefficient (Wildman–Crippen LogP) is 2.62. The fraction of sp³-hybridized carbons (Fsp3) is 0.600. The lowest BCUT2D eigenvalue weighted by Crippen LogP contribution is -2.26. The molecule has 0 radical (unpaired) electrons. The summed E-state index contributed by atoms with van der Waals surface area (Å²) in [6, 6.07) is 0. The summed E-state index contributed by atoms with van der Waals surface area (Å²) in [5, 5.41) is 3.37. The van der Waals surface area contributed by atoms with Crippen molar-refractivity contribution in [3.63, 3.8) is 0 Å². The molecule has 1 rings (SSSR count). The van der Waals surface area contributed by atoms with Gasteiger partial charge in [-0.15, -0.1) is 0 Å². The topological polar surface area (TPSA) is 41.1 Å². The molecule has 4 nitrogen and oxygen atoms in total. The SMILES string of the molecule is C=C(C)CN(CC)c1cnc(CNCC(C)C)cn1. The van der Waals surface area contributed by atoms with Gasteiger partial charge >= 0.3 is 0 Å². The minimum Gasteiger partial charge on any atom is -0.352 e. The number of likely N-dealkylation sites (N-methyl/N-ethyl adjacent to an activating group) is 1. The number of nitrogens with one attached hydrogen (secondary N) is 1. The van der Waals surface area contributed by atoms with Crippen LogP contribution in [0.1, 0.15) is 33.4 Å². The second kappa shape index (κ2) is 7.89. The van der Waals surface area contributed by atoms with E-state index in [4.69, 9.17) is 0 Å². The normalized spacial score (nSPS) is 10.8. The van der Waals surface area contributed by atoms with Crippen LogP contribution in [0.5, 0.6) is 0 Å². The third kappa shape index (κ3) is 5.83. The first-order chi connectivity index (χ1) is 9.02. The molecule has 0 amide bonds. The lowest BCUT2D eigenvalue weighted by atomic mass is 10.2. The van der Waals surface area contributed by atoms with Crippen molar-refractivity contribution in [2.24, 2.45) is 5.92 Å². The maximum Gasteiger partial charge on any atom is 0.147 e. The van der Waals surface area contributed by atoms with Crippen LogP contribution >= 0.6 is 0 Å². The Morgan fingerprint density at radius 2 is 2.11 bits per heavy atom. The highest BCUT2D eigenvalue weighted by Crippen LogP contribution is 2.10. The van der Waals surface area contributed by atoms with Crippen molar-refractivity contribution < 1.29 is 0 Å². The van der Waals surface area contributed by atoms with E-state index in [0.29, 0.717) is 5.92 Å². The second-order valence-corrected chi connectivity index (χ2v) is 5.36. The Morgan fingerprint density at radius 1 is 1.37 bits per heavy atom. The van der Waals surface area contributed by atoms with Crippen LogP contribution in [-0.4, -0.2) is 29.6 Å². The maximum atomic E-state index is 4.48. The minimum atomic E-state index is 0.651. The van der Waals surface area contributed by atoms with E-state index in [1.165, 1.54) is 0 Å². The summed E-state index contributed by atoms with van der Waals surface area (Å²) in [7, 11) is 0. The molecular formula is C15H26N4. The van der Waals surface area contributed by atoms with E-state index < -0.39 is 0 Å². The first-order valence-electron chi connectivity index (χ1n) is 6.93. The number of nitrogens with zero attached hydrogens (tertiary/aromatic N) is 3. The number of rotatable bonds is 8. The predicted molar refractivity (Wildman–Crippen MR) is 81.3 cm³/mol. The van der Waals surface area contributed by atoms with Crippen molar-refractivity contribution in [2.75, 3.05) is 24.5 Å². The zero-order valence-corrected chi connectivity index (χ0v) is 12.6. The molecule has 0 unspecified atom stereocenters. The van der Waals surface area contributed by atoms with E-state index in [2.05, 4.69) is 47.5 Å². The van der Waals surface area contributed by atoms with Crippen LogP contribution in [0.4, 0.5) is 5.82 Å². The highest BCUT2D eigenvalue weighted by Gasteiger charge is 2.06. The molecule has 0 aromatic carbocycles. The summed E-state index contributed by atoms with van der Waals surface area (Å²) in [4.78, 5) is 11.1. The molecule has 1 aromatic rings. The molecular weight excluding hydrogens is 236 g/mol. The third-order valence-electron chi connectivity index (χ3n) is 2.72. The van der Waals surface area contributed by atoms with Gasteiger partial charge in [0.2, 0.25) is 0 Å². The van der Waals surface area contributed by atoms with Gasteiger partial charge in [0.25, 0.3) is 0 Å². The second-order valence-electron chi connectivity index (χ2n) is 5.36. The van der Waals surface area contributed by atoms with Gasteiger partial charge in [0, 0.05) is 19.6 Å². The molecule has 1 aromatic heterocycles. The third-order valence-corrected chi connectivity index (χ3v) is 2.72. The Morgan fingerprint density at radius 3 is 2.58 bits per heavy atom. The smallest absolute Gasteiger partial charge is 0.147 e. The fourth-order valence-electron chi connectivity index (χ4n) is 1.77. The van der Waals surface area contributed by atoms with Gasteiger partial charge in [-0.05, 0) is 26.3 Å². The molecule has 0 aliphatic heterocycles. The van der Waals surface area contributed by atoms with Crippen LogP contribution < -0.4 is 10.2 Å². The minimum absolute atomic E-state index is 0.651. The quantitative estimate of drug-likeness (QED) is 0.731. The zero-order valence-electron chi connectivity index (χ0n) is 12.6. The summed E-state index contributed by atoms with van der Waals surface area (Å²) in [5.74, 6) is 1.57. The highest BCUT2D eigenvalue weighted by atomic mass is 15.2. The van der Waals surface area contributed by atoms with Crippen molar-refractivity contribution in [1.29, 1.82) is 0 Å². The van der Waals surface area contributed by atoms with Gasteiger partial charge in [-0.25, -0.2) is 4.98 Å². The summed E-state index contributed by atoms with van der Waals surface area (Å²) in [6.07, 6.45) is 3.70. The fourth-order valence-corrected chi connectivity index (χ4v) is 1.77. The van der Waals surface area contributed by atoms with E-state index in [9.17, 15) is 0 Å². The average Bonchev–Trinajstić information content (AvgIpc) is 2.36. The van der Waals surface area contributed by atoms with Gasteiger partial charge in [-0.1, -0.05) is 26.0 Å². The molecule has 0 atom stereocenters. The van der Waals surface area contributed by atoms with Crippen molar-refractivity contribution >= 4 is 5.82 Å². The Labute approximate surface area is 117 Å². The van der Waals surface area contributed by atoms with Gasteiger partial charge in [-0.3, -0.25) is 4.98 Å². The molecule has 0 saturated carbocycles. The Bertz CT molecular complexity index is 384. The number of hydrogen-bond acceptors (Lipinski definition) is 4. The van der Waals surface area contributed by atoms with Crippen LogP contribution in [0.25, 0.3) is 0 Å². The van der Waals surface area contributed by atoms with E-state index in [0.717, 1.165) is 43.3 Å². The average molecular weight is 262 g/mol. The summed E-state index contributed by atoms with van der Waals surface area (Å²) in [6.45, 7) is 16.0. The molecule has 0 saturated heterocycles. The first kappa shape index (κ1) is 15.6. The number of anilines is 1. The Balaban J connectivity index is 2.56. The molecule has 0 fully saturated rings. The van der Waals surface area contributed by atoms with Crippen LogP contribution in [0.3, 0.4) is 0 Å². The number of aromatic nitrogens is 2. The molecule has 106 valence electrons. The van der Waals surface area contributed by atoms with Crippen molar-refractivity contribution in [1.82, 2.24) is 15.3 Å². The van der Waals surface area contributed by atoms with E-state index in [1.54, 1.807) is 0 Å². The first-order valence-corrected chi connectivity index (χ1v) is 6.93. The Kier molecular flexibility index (Phi) is 6.50.